The van der Waals surface area contributed by atoms with E-state index in [1.807, 2.05) is 29.0 Å². The van der Waals surface area contributed by atoms with Crippen molar-refractivity contribution in [1.29, 1.82) is 0 Å². The molecule has 0 fully saturated rings. The Morgan fingerprint density at radius 2 is 2.14 bits per heavy atom. The minimum absolute atomic E-state index is 0.0118. The van der Waals surface area contributed by atoms with Gasteiger partial charge in [0, 0.05) is 21.4 Å². The van der Waals surface area contributed by atoms with E-state index in [2.05, 4.69) is 12.1 Å². The van der Waals surface area contributed by atoms with E-state index in [9.17, 15) is 14.7 Å². The fraction of sp³-hybridized carbons (Fsp3) is 0.125. The summed E-state index contributed by atoms with van der Waals surface area (Å²) in [5.74, 6) is -1.70. The lowest BCUT2D eigenvalue weighted by Crippen LogP contribution is -2.10. The molecule has 0 radical (unpaired) electrons. The molecule has 0 aliphatic carbocycles. The van der Waals surface area contributed by atoms with Gasteiger partial charge in [-0.2, -0.15) is 0 Å². The lowest BCUT2D eigenvalue weighted by molar-refractivity contribution is -0.139. The van der Waals surface area contributed by atoms with Gasteiger partial charge >= 0.3 is 5.97 Å². The van der Waals surface area contributed by atoms with Gasteiger partial charge in [0.1, 0.15) is 6.29 Å². The van der Waals surface area contributed by atoms with Crippen LogP contribution >= 0.6 is 22.7 Å². The predicted molar refractivity (Wildman–Crippen MR) is 86.2 cm³/mol. The molecule has 0 aliphatic rings. The number of carbonyl (C=O) groups excluding carboxylic acids is 1. The van der Waals surface area contributed by atoms with Crippen molar-refractivity contribution in [3.05, 3.63) is 46.0 Å². The maximum absolute atomic E-state index is 11.3. The smallest absolute Gasteiger partial charge is 0.312 e. The number of hydrogen-bond acceptors (Lipinski definition) is 4. The molecule has 1 N–H and O–H groups in total. The van der Waals surface area contributed by atoms with Gasteiger partial charge < -0.3 is 9.90 Å². The molecule has 0 bridgehead atoms. The molecule has 3 nitrogen and oxygen atoms in total. The Morgan fingerprint density at radius 3 is 2.90 bits per heavy atom. The Balaban J connectivity index is 2.03. The number of aldehydes is 1. The van der Waals surface area contributed by atoms with Crippen LogP contribution in [0.25, 0.3) is 21.2 Å². The quantitative estimate of drug-likeness (QED) is 0.710. The third kappa shape index (κ3) is 2.62. The lowest BCUT2D eigenvalue weighted by Gasteiger charge is -2.05. The molecular formula is C16H12O3S2. The first-order valence-corrected chi connectivity index (χ1v) is 8.18. The summed E-state index contributed by atoms with van der Waals surface area (Å²) >= 11 is 3.08. The van der Waals surface area contributed by atoms with E-state index >= 15 is 0 Å². The molecule has 0 saturated carbocycles. The number of rotatable bonds is 5. The van der Waals surface area contributed by atoms with Gasteiger partial charge in [0.25, 0.3) is 0 Å². The number of carboxylic acid groups (broad SMARTS) is 1. The highest BCUT2D eigenvalue weighted by Crippen LogP contribution is 2.36. The van der Waals surface area contributed by atoms with E-state index in [4.69, 9.17) is 0 Å². The molecule has 0 saturated heterocycles. The molecule has 106 valence electrons. The summed E-state index contributed by atoms with van der Waals surface area (Å²) in [6.45, 7) is 0. The Labute approximate surface area is 129 Å². The van der Waals surface area contributed by atoms with Gasteiger partial charge in [0.15, 0.2) is 0 Å². The monoisotopic (exact) mass is 316 g/mol. The van der Waals surface area contributed by atoms with E-state index in [0.29, 0.717) is 6.29 Å². The van der Waals surface area contributed by atoms with Crippen LogP contribution in [0.5, 0.6) is 0 Å². The second-order valence-corrected chi connectivity index (χ2v) is 6.56. The van der Waals surface area contributed by atoms with E-state index in [1.165, 1.54) is 21.4 Å². The van der Waals surface area contributed by atoms with E-state index in [0.717, 1.165) is 16.0 Å². The number of hydrogen-bond donors (Lipinski definition) is 1. The number of fused-ring (bicyclic) bond motifs is 1. The van der Waals surface area contributed by atoms with Gasteiger partial charge in [0.05, 0.1) is 5.92 Å². The molecule has 1 aromatic carbocycles. The number of carboxylic acids is 1. The maximum Gasteiger partial charge on any atom is 0.312 e. The molecule has 3 rings (SSSR count). The minimum Gasteiger partial charge on any atom is -0.481 e. The second kappa shape index (κ2) is 5.79. The van der Waals surface area contributed by atoms with Crippen LogP contribution in [0, 0.1) is 0 Å². The van der Waals surface area contributed by atoms with Crippen LogP contribution in [-0.2, 0) is 9.59 Å². The zero-order chi connectivity index (χ0) is 14.8. The third-order valence-corrected chi connectivity index (χ3v) is 5.33. The summed E-state index contributed by atoms with van der Waals surface area (Å²) in [5.41, 5.74) is 2.11. The Bertz CT molecular complexity index is 801. The zero-order valence-electron chi connectivity index (χ0n) is 11.0. The molecule has 1 unspecified atom stereocenters. The summed E-state index contributed by atoms with van der Waals surface area (Å²) < 4.78 is 1.21. The third-order valence-electron chi connectivity index (χ3n) is 3.40. The average molecular weight is 316 g/mol. The van der Waals surface area contributed by atoms with Gasteiger partial charge in [0.2, 0.25) is 0 Å². The Kier molecular flexibility index (Phi) is 3.86. The number of aliphatic carboxylic acids is 1. The van der Waals surface area contributed by atoms with Crippen molar-refractivity contribution in [1.82, 2.24) is 0 Å². The number of thiophene rings is 2. The summed E-state index contributed by atoms with van der Waals surface area (Å²) in [4.78, 5) is 22.6. The van der Waals surface area contributed by atoms with Crippen molar-refractivity contribution < 1.29 is 14.7 Å². The SMILES string of the molecule is O=CCC(C(=O)O)c1cc(-c2cccc3sccc23)cs1. The Morgan fingerprint density at radius 1 is 1.29 bits per heavy atom. The summed E-state index contributed by atoms with van der Waals surface area (Å²) in [5, 5.41) is 14.4. The van der Waals surface area contributed by atoms with Crippen molar-refractivity contribution in [3.63, 3.8) is 0 Å². The molecule has 2 heterocycles. The van der Waals surface area contributed by atoms with Crippen LogP contribution in [0.4, 0.5) is 0 Å². The Hall–Kier alpha value is -1.98. The summed E-state index contributed by atoms with van der Waals surface area (Å²) in [6.07, 6.45) is 0.676. The molecular weight excluding hydrogens is 304 g/mol. The number of carbonyl (C=O) groups is 2. The summed E-state index contributed by atoms with van der Waals surface area (Å²) in [7, 11) is 0. The highest BCUT2D eigenvalue weighted by atomic mass is 32.1. The standard InChI is InChI=1S/C16H12O3S2/c17-6-4-13(16(18)19)15-8-10(9-21-15)11-2-1-3-14-12(11)5-7-20-14/h1-3,5-9,13H,4H2,(H,18,19). The molecule has 0 aliphatic heterocycles. The highest BCUT2D eigenvalue weighted by Gasteiger charge is 2.21. The molecule has 0 spiro atoms. The zero-order valence-corrected chi connectivity index (χ0v) is 12.6. The highest BCUT2D eigenvalue weighted by molar-refractivity contribution is 7.17. The molecule has 21 heavy (non-hydrogen) atoms. The van der Waals surface area contributed by atoms with Crippen LogP contribution < -0.4 is 0 Å². The normalized spacial score (nSPS) is 12.4. The van der Waals surface area contributed by atoms with Gasteiger partial charge in [-0.15, -0.1) is 22.7 Å². The molecule has 0 amide bonds. The second-order valence-electron chi connectivity index (χ2n) is 4.67. The molecule has 2 aromatic heterocycles. The van der Waals surface area contributed by atoms with Crippen molar-refractivity contribution in [2.45, 2.75) is 12.3 Å². The van der Waals surface area contributed by atoms with E-state index < -0.39 is 11.9 Å². The predicted octanol–water partition coefficient (Wildman–Crippen LogP) is 4.39. The number of benzene rings is 1. The van der Waals surface area contributed by atoms with Crippen LogP contribution in [0.3, 0.4) is 0 Å². The molecule has 1 atom stereocenters. The molecule has 5 heteroatoms. The van der Waals surface area contributed by atoms with Crippen molar-refractivity contribution >= 4 is 45.0 Å². The average Bonchev–Trinajstić information content (AvgIpc) is 3.12. The van der Waals surface area contributed by atoms with Gasteiger partial charge in [-0.3, -0.25) is 4.79 Å². The fourth-order valence-corrected chi connectivity index (χ4v) is 4.18. The van der Waals surface area contributed by atoms with Crippen LogP contribution in [0.2, 0.25) is 0 Å². The first-order chi connectivity index (χ1) is 10.2. The van der Waals surface area contributed by atoms with Crippen molar-refractivity contribution in [2.75, 3.05) is 0 Å². The van der Waals surface area contributed by atoms with Crippen LogP contribution in [-0.4, -0.2) is 17.4 Å². The topological polar surface area (TPSA) is 54.4 Å². The largest absolute Gasteiger partial charge is 0.481 e. The van der Waals surface area contributed by atoms with Gasteiger partial charge in [-0.25, -0.2) is 0 Å². The van der Waals surface area contributed by atoms with Crippen molar-refractivity contribution in [2.24, 2.45) is 0 Å². The van der Waals surface area contributed by atoms with Gasteiger partial charge in [-0.05, 0) is 40.1 Å². The van der Waals surface area contributed by atoms with Crippen LogP contribution in [0.1, 0.15) is 17.2 Å². The van der Waals surface area contributed by atoms with Crippen LogP contribution in [0.15, 0.2) is 41.1 Å². The maximum atomic E-state index is 11.3. The molecule has 3 aromatic rings. The minimum atomic E-state index is -0.954. The van der Waals surface area contributed by atoms with Crippen molar-refractivity contribution in [3.8, 4) is 11.1 Å². The van der Waals surface area contributed by atoms with Gasteiger partial charge in [-0.1, -0.05) is 12.1 Å². The summed E-state index contributed by atoms with van der Waals surface area (Å²) in [6, 6.07) is 10.1. The first-order valence-electron chi connectivity index (χ1n) is 6.42. The lowest BCUT2D eigenvalue weighted by atomic mass is 10.0. The van der Waals surface area contributed by atoms with E-state index in [1.54, 1.807) is 11.3 Å². The fourth-order valence-electron chi connectivity index (χ4n) is 2.36. The van der Waals surface area contributed by atoms with E-state index in [-0.39, 0.29) is 6.42 Å². The first kappa shape index (κ1) is 14.0.